The molecule has 1 saturated heterocycles. The first-order chi connectivity index (χ1) is 14.5. The molecule has 7 nitrogen and oxygen atoms in total. The molecule has 0 unspecified atom stereocenters. The van der Waals surface area contributed by atoms with Gasteiger partial charge in [0.05, 0.1) is 18.0 Å². The molecule has 1 fully saturated rings. The van der Waals surface area contributed by atoms with Crippen molar-refractivity contribution in [3.05, 3.63) is 69.9 Å². The Morgan fingerprint density at radius 2 is 1.97 bits per heavy atom. The Kier molecular flexibility index (Phi) is 5.81. The summed E-state index contributed by atoms with van der Waals surface area (Å²) in [6.45, 7) is 2.38. The predicted octanol–water partition coefficient (Wildman–Crippen LogP) is 2.89. The summed E-state index contributed by atoms with van der Waals surface area (Å²) in [5, 5.41) is 11.4. The van der Waals surface area contributed by atoms with Crippen LogP contribution < -0.4 is 11.2 Å². The highest BCUT2D eigenvalue weighted by Crippen LogP contribution is 2.36. The third-order valence-electron chi connectivity index (χ3n) is 5.61. The summed E-state index contributed by atoms with van der Waals surface area (Å²) in [7, 11) is 0. The van der Waals surface area contributed by atoms with Gasteiger partial charge in [-0.2, -0.15) is 0 Å². The minimum Gasteiger partial charge on any atom is -0.502 e. The van der Waals surface area contributed by atoms with Gasteiger partial charge in [0.25, 0.3) is 0 Å². The van der Waals surface area contributed by atoms with Crippen LogP contribution >= 0.6 is 0 Å². The molecule has 0 spiro atoms. The van der Waals surface area contributed by atoms with Gasteiger partial charge in [-0.25, -0.2) is 0 Å². The number of fused-ring (bicyclic) bond motifs is 1. The SMILES string of the molecule is NC(=O)C[C@H](c1oc(CN2CCCCC2)cc(=O)c1O)c1ccnc2ccccc12. The number of nitrogens with zero attached hydrogens (tertiary/aromatic N) is 2. The molecule has 1 aliphatic heterocycles. The number of aromatic hydroxyl groups is 1. The molecule has 0 aliphatic carbocycles. The fourth-order valence-electron chi connectivity index (χ4n) is 4.17. The third-order valence-corrected chi connectivity index (χ3v) is 5.61. The number of rotatable bonds is 6. The van der Waals surface area contributed by atoms with Crippen molar-refractivity contribution >= 4 is 16.8 Å². The van der Waals surface area contributed by atoms with Crippen LogP contribution in [0, 0.1) is 0 Å². The van der Waals surface area contributed by atoms with Crippen LogP contribution in [0.25, 0.3) is 10.9 Å². The smallest absolute Gasteiger partial charge is 0.227 e. The molecule has 1 aliphatic rings. The van der Waals surface area contributed by atoms with E-state index in [1.165, 1.54) is 12.5 Å². The summed E-state index contributed by atoms with van der Waals surface area (Å²) in [6.07, 6.45) is 4.97. The topological polar surface area (TPSA) is 110 Å². The van der Waals surface area contributed by atoms with Gasteiger partial charge in [0, 0.05) is 24.1 Å². The second-order valence-electron chi connectivity index (χ2n) is 7.77. The minimum absolute atomic E-state index is 0.0738. The van der Waals surface area contributed by atoms with Crippen LogP contribution in [0.15, 0.2) is 51.8 Å². The largest absolute Gasteiger partial charge is 0.502 e. The van der Waals surface area contributed by atoms with Crippen LogP contribution in [0.3, 0.4) is 0 Å². The van der Waals surface area contributed by atoms with E-state index in [0.29, 0.717) is 12.3 Å². The van der Waals surface area contributed by atoms with Gasteiger partial charge in [-0.3, -0.25) is 19.5 Å². The van der Waals surface area contributed by atoms with Crippen molar-refractivity contribution in [2.45, 2.75) is 38.1 Å². The van der Waals surface area contributed by atoms with E-state index in [-0.39, 0.29) is 12.2 Å². The molecule has 1 amide bonds. The lowest BCUT2D eigenvalue weighted by atomic mass is 9.89. The average molecular weight is 407 g/mol. The number of pyridine rings is 1. The predicted molar refractivity (Wildman–Crippen MR) is 113 cm³/mol. The van der Waals surface area contributed by atoms with Crippen LogP contribution in [0.5, 0.6) is 5.75 Å². The molecule has 1 atom stereocenters. The minimum atomic E-state index is -0.690. The highest BCUT2D eigenvalue weighted by molar-refractivity contribution is 5.84. The van der Waals surface area contributed by atoms with Crippen molar-refractivity contribution in [2.75, 3.05) is 13.1 Å². The van der Waals surface area contributed by atoms with E-state index in [2.05, 4.69) is 9.88 Å². The maximum Gasteiger partial charge on any atom is 0.227 e. The second kappa shape index (κ2) is 8.67. The van der Waals surface area contributed by atoms with Crippen LogP contribution in [0.4, 0.5) is 0 Å². The van der Waals surface area contributed by atoms with Crippen LogP contribution in [0.2, 0.25) is 0 Å². The Morgan fingerprint density at radius 3 is 2.73 bits per heavy atom. The number of hydrogen-bond donors (Lipinski definition) is 2. The van der Waals surface area contributed by atoms with Crippen molar-refractivity contribution in [3.63, 3.8) is 0 Å². The molecular formula is C23H25N3O4. The van der Waals surface area contributed by atoms with Gasteiger partial charge in [-0.15, -0.1) is 0 Å². The molecule has 7 heteroatoms. The monoisotopic (exact) mass is 407 g/mol. The molecule has 4 rings (SSSR count). The van der Waals surface area contributed by atoms with Crippen molar-refractivity contribution in [1.82, 2.24) is 9.88 Å². The third kappa shape index (κ3) is 4.21. The Bertz CT molecular complexity index is 1110. The van der Waals surface area contributed by atoms with Crippen LogP contribution in [-0.2, 0) is 11.3 Å². The number of aromatic nitrogens is 1. The van der Waals surface area contributed by atoms with E-state index in [4.69, 9.17) is 10.2 Å². The maximum atomic E-state index is 12.5. The van der Waals surface area contributed by atoms with Crippen LogP contribution in [0.1, 0.15) is 48.7 Å². The quantitative estimate of drug-likeness (QED) is 0.650. The van der Waals surface area contributed by atoms with Gasteiger partial charge in [0.15, 0.2) is 5.76 Å². The molecule has 1 aromatic carbocycles. The lowest BCUT2D eigenvalue weighted by molar-refractivity contribution is -0.118. The Morgan fingerprint density at radius 1 is 1.20 bits per heavy atom. The zero-order valence-corrected chi connectivity index (χ0v) is 16.7. The first-order valence-corrected chi connectivity index (χ1v) is 10.2. The summed E-state index contributed by atoms with van der Waals surface area (Å²) in [6, 6.07) is 10.6. The number of carbonyl (C=O) groups excluding carboxylic acids is 1. The average Bonchev–Trinajstić information content (AvgIpc) is 2.75. The van der Waals surface area contributed by atoms with E-state index in [1.54, 1.807) is 12.3 Å². The summed E-state index contributed by atoms with van der Waals surface area (Å²) in [4.78, 5) is 31.0. The maximum absolute atomic E-state index is 12.5. The summed E-state index contributed by atoms with van der Waals surface area (Å²) >= 11 is 0. The molecule has 0 radical (unpaired) electrons. The van der Waals surface area contributed by atoms with Gasteiger partial charge in [-0.1, -0.05) is 24.6 Å². The fourth-order valence-corrected chi connectivity index (χ4v) is 4.17. The van der Waals surface area contributed by atoms with E-state index in [1.807, 2.05) is 24.3 Å². The molecule has 0 bridgehead atoms. The standard InChI is InChI=1S/C23H25N3O4/c24-21(28)13-18(16-8-9-25-19-7-3-2-6-17(16)19)23-22(29)20(27)12-15(30-23)14-26-10-4-1-5-11-26/h2-3,6-9,12,18,29H,1,4-5,10-11,13-14H2,(H2,24,28)/t18-/m0/s1. The highest BCUT2D eigenvalue weighted by atomic mass is 16.4. The Hall–Kier alpha value is -3.19. The number of likely N-dealkylation sites (tertiary alicyclic amines) is 1. The highest BCUT2D eigenvalue weighted by Gasteiger charge is 2.27. The normalized spacial score (nSPS) is 15.9. The lowest BCUT2D eigenvalue weighted by Crippen LogP contribution is -2.29. The van der Waals surface area contributed by atoms with Crippen molar-refractivity contribution < 1.29 is 14.3 Å². The number of carbonyl (C=O) groups is 1. The molecule has 30 heavy (non-hydrogen) atoms. The number of primary amides is 1. The van der Waals surface area contributed by atoms with Crippen molar-refractivity contribution in [2.24, 2.45) is 5.73 Å². The number of hydrogen-bond acceptors (Lipinski definition) is 6. The number of amides is 1. The van der Waals surface area contributed by atoms with Crippen molar-refractivity contribution in [1.29, 1.82) is 0 Å². The number of benzene rings is 1. The van der Waals surface area contributed by atoms with Gasteiger partial charge in [-0.05, 0) is 43.6 Å². The molecule has 3 N–H and O–H groups in total. The summed E-state index contributed by atoms with van der Waals surface area (Å²) < 4.78 is 6.04. The van der Waals surface area contributed by atoms with Crippen molar-refractivity contribution in [3.8, 4) is 5.75 Å². The molecule has 2 aromatic heterocycles. The Labute approximate surface area is 174 Å². The first kappa shape index (κ1) is 20.1. The van der Waals surface area contributed by atoms with Gasteiger partial charge in [0.1, 0.15) is 5.76 Å². The number of piperidine rings is 1. The van der Waals surface area contributed by atoms with E-state index in [9.17, 15) is 14.7 Å². The molecule has 156 valence electrons. The molecule has 3 heterocycles. The molecular weight excluding hydrogens is 382 g/mol. The van der Waals surface area contributed by atoms with E-state index in [0.717, 1.165) is 42.4 Å². The molecule has 3 aromatic rings. The Balaban J connectivity index is 1.80. The van der Waals surface area contributed by atoms with E-state index < -0.39 is 23.0 Å². The van der Waals surface area contributed by atoms with Gasteiger partial charge >= 0.3 is 0 Å². The summed E-state index contributed by atoms with van der Waals surface area (Å²) in [5.74, 6) is -1.18. The fraction of sp³-hybridized carbons (Fsp3) is 0.348. The first-order valence-electron chi connectivity index (χ1n) is 10.2. The van der Waals surface area contributed by atoms with Gasteiger partial charge < -0.3 is 15.3 Å². The lowest BCUT2D eigenvalue weighted by Gasteiger charge is -2.26. The van der Waals surface area contributed by atoms with Crippen LogP contribution in [-0.4, -0.2) is 34.0 Å². The second-order valence-corrected chi connectivity index (χ2v) is 7.77. The number of para-hydroxylation sites is 1. The summed E-state index contributed by atoms with van der Waals surface area (Å²) in [5.41, 5.74) is 6.48. The zero-order chi connectivity index (χ0) is 21.1. The van der Waals surface area contributed by atoms with Gasteiger partial charge in [0.2, 0.25) is 17.1 Å². The molecule has 0 saturated carbocycles. The number of nitrogens with two attached hydrogens (primary N) is 1. The van der Waals surface area contributed by atoms with E-state index >= 15 is 0 Å². The zero-order valence-electron chi connectivity index (χ0n) is 16.7.